The van der Waals surface area contributed by atoms with E-state index in [-0.39, 0.29) is 0 Å². The molecule has 1 heterocycles. The van der Waals surface area contributed by atoms with Crippen molar-refractivity contribution in [3.63, 3.8) is 0 Å². The third kappa shape index (κ3) is 3.80. The average Bonchev–Trinajstić information content (AvgIpc) is 2.87. The van der Waals surface area contributed by atoms with E-state index in [0.29, 0.717) is 6.04 Å². The molecule has 1 saturated heterocycles. The van der Waals surface area contributed by atoms with Crippen LogP contribution in [0.1, 0.15) is 42.0 Å². The number of likely N-dealkylation sites (N-methyl/N-ethyl adjacent to an activating group) is 1. The lowest BCUT2D eigenvalue weighted by Gasteiger charge is -2.25. The molecular formula is C17H28N2. The molecule has 106 valence electrons. The van der Waals surface area contributed by atoms with Gasteiger partial charge in [0.1, 0.15) is 0 Å². The summed E-state index contributed by atoms with van der Waals surface area (Å²) in [6, 6.07) is 5.40. The molecule has 1 aromatic carbocycles. The van der Waals surface area contributed by atoms with Crippen molar-refractivity contribution in [1.82, 2.24) is 10.2 Å². The van der Waals surface area contributed by atoms with E-state index in [1.807, 2.05) is 0 Å². The summed E-state index contributed by atoms with van der Waals surface area (Å²) in [6.45, 7) is 13.5. The highest BCUT2D eigenvalue weighted by Crippen LogP contribution is 2.18. The Kier molecular flexibility index (Phi) is 5.00. The first-order valence-electron chi connectivity index (χ1n) is 7.62. The van der Waals surface area contributed by atoms with Crippen molar-refractivity contribution in [2.24, 2.45) is 0 Å². The summed E-state index contributed by atoms with van der Waals surface area (Å²) in [5.41, 5.74) is 5.74. The van der Waals surface area contributed by atoms with Crippen LogP contribution in [0.3, 0.4) is 0 Å². The van der Waals surface area contributed by atoms with E-state index in [4.69, 9.17) is 0 Å². The molecule has 1 aliphatic rings. The number of aryl methyl sites for hydroxylation is 3. The SMILES string of the molecule is CCN(Cc1cc(C)c(C)cc1C)CC1CCCN1. The summed E-state index contributed by atoms with van der Waals surface area (Å²) in [4.78, 5) is 2.57. The van der Waals surface area contributed by atoms with Crippen LogP contribution in [0.4, 0.5) is 0 Å². The quantitative estimate of drug-likeness (QED) is 0.874. The molecule has 1 aliphatic heterocycles. The maximum atomic E-state index is 3.60. The Morgan fingerprint density at radius 2 is 1.89 bits per heavy atom. The van der Waals surface area contributed by atoms with Crippen molar-refractivity contribution in [2.45, 2.75) is 53.1 Å². The predicted molar refractivity (Wildman–Crippen MR) is 82.6 cm³/mol. The van der Waals surface area contributed by atoms with Gasteiger partial charge in [0.2, 0.25) is 0 Å². The summed E-state index contributed by atoms with van der Waals surface area (Å²) in [6.07, 6.45) is 2.67. The zero-order valence-corrected chi connectivity index (χ0v) is 12.9. The van der Waals surface area contributed by atoms with Crippen LogP contribution in [0, 0.1) is 20.8 Å². The largest absolute Gasteiger partial charge is 0.313 e. The Morgan fingerprint density at radius 1 is 1.16 bits per heavy atom. The second kappa shape index (κ2) is 6.53. The third-order valence-corrected chi connectivity index (χ3v) is 4.43. The van der Waals surface area contributed by atoms with Gasteiger partial charge in [-0.25, -0.2) is 0 Å². The van der Waals surface area contributed by atoms with E-state index < -0.39 is 0 Å². The van der Waals surface area contributed by atoms with Crippen LogP contribution in [-0.2, 0) is 6.54 Å². The molecule has 0 bridgehead atoms. The lowest BCUT2D eigenvalue weighted by Crippen LogP contribution is -2.37. The van der Waals surface area contributed by atoms with E-state index in [1.54, 1.807) is 0 Å². The summed E-state index contributed by atoms with van der Waals surface area (Å²) < 4.78 is 0. The smallest absolute Gasteiger partial charge is 0.0237 e. The van der Waals surface area contributed by atoms with Gasteiger partial charge < -0.3 is 5.32 Å². The van der Waals surface area contributed by atoms with E-state index >= 15 is 0 Å². The van der Waals surface area contributed by atoms with Crippen molar-refractivity contribution in [3.8, 4) is 0 Å². The lowest BCUT2D eigenvalue weighted by molar-refractivity contribution is 0.253. The lowest BCUT2D eigenvalue weighted by atomic mass is 10.0. The van der Waals surface area contributed by atoms with Gasteiger partial charge in [-0.15, -0.1) is 0 Å². The van der Waals surface area contributed by atoms with Crippen LogP contribution >= 0.6 is 0 Å². The van der Waals surface area contributed by atoms with Gasteiger partial charge in [-0.1, -0.05) is 19.1 Å². The van der Waals surface area contributed by atoms with E-state index in [0.717, 1.165) is 13.1 Å². The number of nitrogens with zero attached hydrogens (tertiary/aromatic N) is 1. The number of rotatable bonds is 5. The molecule has 2 heteroatoms. The third-order valence-electron chi connectivity index (χ3n) is 4.43. The minimum atomic E-state index is 0.701. The maximum absolute atomic E-state index is 3.60. The number of benzene rings is 1. The second-order valence-corrected chi connectivity index (χ2v) is 5.98. The van der Waals surface area contributed by atoms with Gasteiger partial charge >= 0.3 is 0 Å². The standard InChI is InChI=1S/C17H28N2/c1-5-19(12-17-7-6-8-18-17)11-16-10-14(3)13(2)9-15(16)4/h9-10,17-18H,5-8,11-12H2,1-4H3. The molecule has 1 unspecified atom stereocenters. The highest BCUT2D eigenvalue weighted by Gasteiger charge is 2.17. The molecule has 0 radical (unpaired) electrons. The van der Waals surface area contributed by atoms with Gasteiger partial charge in [0.25, 0.3) is 0 Å². The summed E-state index contributed by atoms with van der Waals surface area (Å²) in [5.74, 6) is 0. The van der Waals surface area contributed by atoms with Gasteiger partial charge in [0, 0.05) is 19.1 Å². The molecule has 2 nitrogen and oxygen atoms in total. The molecular weight excluding hydrogens is 232 g/mol. The molecule has 0 amide bonds. The summed E-state index contributed by atoms with van der Waals surface area (Å²) >= 11 is 0. The normalized spacial score (nSPS) is 19.3. The van der Waals surface area contributed by atoms with E-state index in [1.165, 1.54) is 48.2 Å². The van der Waals surface area contributed by atoms with Crippen molar-refractivity contribution in [2.75, 3.05) is 19.6 Å². The topological polar surface area (TPSA) is 15.3 Å². The van der Waals surface area contributed by atoms with Crippen molar-refractivity contribution < 1.29 is 0 Å². The van der Waals surface area contributed by atoms with E-state index in [9.17, 15) is 0 Å². The Bertz CT molecular complexity index is 420. The molecule has 1 fully saturated rings. The van der Waals surface area contributed by atoms with Crippen LogP contribution < -0.4 is 5.32 Å². The monoisotopic (exact) mass is 260 g/mol. The van der Waals surface area contributed by atoms with Gasteiger partial charge in [-0.05, 0) is 69.0 Å². The zero-order valence-electron chi connectivity index (χ0n) is 12.9. The van der Waals surface area contributed by atoms with Crippen LogP contribution in [0.2, 0.25) is 0 Å². The first-order valence-corrected chi connectivity index (χ1v) is 7.62. The van der Waals surface area contributed by atoms with Gasteiger partial charge in [0.15, 0.2) is 0 Å². The van der Waals surface area contributed by atoms with Crippen LogP contribution in [0.5, 0.6) is 0 Å². The number of hydrogen-bond acceptors (Lipinski definition) is 2. The fourth-order valence-corrected chi connectivity index (χ4v) is 2.96. The van der Waals surface area contributed by atoms with Crippen molar-refractivity contribution >= 4 is 0 Å². The van der Waals surface area contributed by atoms with Crippen molar-refractivity contribution in [1.29, 1.82) is 0 Å². The summed E-state index contributed by atoms with van der Waals surface area (Å²) in [5, 5.41) is 3.60. The highest BCUT2D eigenvalue weighted by molar-refractivity contribution is 5.36. The fraction of sp³-hybridized carbons (Fsp3) is 0.647. The molecule has 0 saturated carbocycles. The second-order valence-electron chi connectivity index (χ2n) is 5.98. The molecule has 0 spiro atoms. The fourth-order valence-electron chi connectivity index (χ4n) is 2.96. The number of hydrogen-bond donors (Lipinski definition) is 1. The molecule has 1 aromatic rings. The first-order chi connectivity index (χ1) is 9.10. The van der Waals surface area contributed by atoms with Gasteiger partial charge in [0.05, 0.1) is 0 Å². The van der Waals surface area contributed by atoms with E-state index in [2.05, 4.69) is 50.0 Å². The van der Waals surface area contributed by atoms with Crippen LogP contribution in [0.15, 0.2) is 12.1 Å². The Morgan fingerprint density at radius 3 is 2.53 bits per heavy atom. The van der Waals surface area contributed by atoms with Crippen LogP contribution in [-0.4, -0.2) is 30.6 Å². The Hall–Kier alpha value is -0.860. The maximum Gasteiger partial charge on any atom is 0.0237 e. The molecule has 0 aliphatic carbocycles. The molecule has 1 atom stereocenters. The van der Waals surface area contributed by atoms with Gasteiger partial charge in [-0.3, -0.25) is 4.90 Å². The van der Waals surface area contributed by atoms with Crippen molar-refractivity contribution in [3.05, 3.63) is 34.4 Å². The Labute approximate surface area is 118 Å². The summed E-state index contributed by atoms with van der Waals surface area (Å²) in [7, 11) is 0. The molecule has 19 heavy (non-hydrogen) atoms. The minimum absolute atomic E-state index is 0.701. The van der Waals surface area contributed by atoms with Crippen LogP contribution in [0.25, 0.3) is 0 Å². The first kappa shape index (κ1) is 14.5. The molecule has 1 N–H and O–H groups in total. The zero-order chi connectivity index (χ0) is 13.8. The van der Waals surface area contributed by atoms with Gasteiger partial charge in [-0.2, -0.15) is 0 Å². The number of nitrogens with one attached hydrogen (secondary N) is 1. The molecule has 2 rings (SSSR count). The molecule has 0 aromatic heterocycles. The highest BCUT2D eigenvalue weighted by atomic mass is 15.1. The average molecular weight is 260 g/mol. The Balaban J connectivity index is 2.02. The minimum Gasteiger partial charge on any atom is -0.313 e. The predicted octanol–water partition coefficient (Wildman–Crippen LogP) is 3.19.